The molecule has 0 atom stereocenters. The number of amides is 1. The first kappa shape index (κ1) is 15.8. The molecule has 0 saturated heterocycles. The van der Waals surface area contributed by atoms with Gasteiger partial charge in [-0.3, -0.25) is 9.59 Å². The lowest BCUT2D eigenvalue weighted by Gasteiger charge is -2.22. The molecule has 114 valence electrons. The maximum absolute atomic E-state index is 12.3. The van der Waals surface area contributed by atoms with Crippen molar-refractivity contribution in [2.24, 2.45) is 0 Å². The van der Waals surface area contributed by atoms with Gasteiger partial charge in [-0.15, -0.1) is 0 Å². The number of halogens is 1. The molecular formula is C16H20ClNO3. The topological polar surface area (TPSA) is 57.6 Å². The molecule has 21 heavy (non-hydrogen) atoms. The average Bonchev–Trinajstić information content (AvgIpc) is 3.27. The molecule has 1 aromatic rings. The number of rotatable bonds is 8. The fraction of sp³-hybridized carbons (Fsp3) is 0.500. The summed E-state index contributed by atoms with van der Waals surface area (Å²) < 4.78 is 0. The van der Waals surface area contributed by atoms with Gasteiger partial charge < -0.3 is 10.0 Å². The van der Waals surface area contributed by atoms with Gasteiger partial charge in [-0.2, -0.15) is 0 Å². The molecule has 1 saturated carbocycles. The largest absolute Gasteiger partial charge is 0.481 e. The van der Waals surface area contributed by atoms with Crippen LogP contribution in [0, 0.1) is 0 Å². The number of carbonyl (C=O) groups excluding carboxylic acids is 1. The molecule has 0 aromatic heterocycles. The first-order valence-corrected chi connectivity index (χ1v) is 7.70. The van der Waals surface area contributed by atoms with Crippen molar-refractivity contribution >= 4 is 23.5 Å². The Labute approximate surface area is 129 Å². The molecule has 0 unspecified atom stereocenters. The van der Waals surface area contributed by atoms with Gasteiger partial charge in [-0.05, 0) is 43.4 Å². The molecule has 0 aliphatic heterocycles. The minimum absolute atomic E-state index is 0.123. The van der Waals surface area contributed by atoms with Gasteiger partial charge in [0.05, 0.1) is 0 Å². The number of benzene rings is 1. The molecule has 4 nitrogen and oxygen atoms in total. The van der Waals surface area contributed by atoms with Crippen LogP contribution in [0.4, 0.5) is 0 Å². The van der Waals surface area contributed by atoms with Crippen molar-refractivity contribution < 1.29 is 14.7 Å². The maximum atomic E-state index is 12.3. The lowest BCUT2D eigenvalue weighted by atomic mass is 10.1. The molecule has 1 aromatic carbocycles. The third kappa shape index (κ3) is 5.38. The van der Waals surface area contributed by atoms with E-state index in [2.05, 4.69) is 0 Å². The van der Waals surface area contributed by atoms with Crippen molar-refractivity contribution in [1.82, 2.24) is 4.90 Å². The number of hydrogen-bond acceptors (Lipinski definition) is 2. The van der Waals surface area contributed by atoms with Gasteiger partial charge in [0.2, 0.25) is 5.91 Å². The highest BCUT2D eigenvalue weighted by Crippen LogP contribution is 2.29. The smallest absolute Gasteiger partial charge is 0.303 e. The number of carboxylic acid groups (broad SMARTS) is 1. The van der Waals surface area contributed by atoms with E-state index >= 15 is 0 Å². The maximum Gasteiger partial charge on any atom is 0.303 e. The van der Waals surface area contributed by atoms with E-state index in [4.69, 9.17) is 16.7 Å². The van der Waals surface area contributed by atoms with E-state index in [1.54, 1.807) is 0 Å². The van der Waals surface area contributed by atoms with Crippen molar-refractivity contribution in [3.05, 3.63) is 34.9 Å². The number of aliphatic carboxylic acids is 1. The quantitative estimate of drug-likeness (QED) is 0.748. The van der Waals surface area contributed by atoms with E-state index in [0.717, 1.165) is 18.4 Å². The molecule has 0 spiro atoms. The average molecular weight is 310 g/mol. The second kappa shape index (κ2) is 7.46. The van der Waals surface area contributed by atoms with Gasteiger partial charge in [0.25, 0.3) is 0 Å². The van der Waals surface area contributed by atoms with Gasteiger partial charge in [0.15, 0.2) is 0 Å². The van der Waals surface area contributed by atoms with Crippen LogP contribution >= 0.6 is 11.6 Å². The Morgan fingerprint density at radius 3 is 2.33 bits per heavy atom. The summed E-state index contributed by atoms with van der Waals surface area (Å²) >= 11 is 5.87. The lowest BCUT2D eigenvalue weighted by molar-refractivity contribution is -0.137. The fourth-order valence-electron chi connectivity index (χ4n) is 2.29. The summed E-state index contributed by atoms with van der Waals surface area (Å²) in [6.45, 7) is 0.611. The summed E-state index contributed by atoms with van der Waals surface area (Å²) in [6.07, 6.45) is 3.88. The highest BCUT2D eigenvalue weighted by atomic mass is 35.5. The Morgan fingerprint density at radius 2 is 1.76 bits per heavy atom. The van der Waals surface area contributed by atoms with Crippen LogP contribution in [0.3, 0.4) is 0 Å². The highest BCUT2D eigenvalue weighted by molar-refractivity contribution is 6.30. The van der Waals surface area contributed by atoms with E-state index in [1.165, 1.54) is 0 Å². The fourth-order valence-corrected chi connectivity index (χ4v) is 2.42. The minimum atomic E-state index is -0.803. The Morgan fingerprint density at radius 1 is 1.14 bits per heavy atom. The molecule has 1 aliphatic rings. The minimum Gasteiger partial charge on any atom is -0.481 e. The van der Waals surface area contributed by atoms with Crippen LogP contribution in [-0.4, -0.2) is 27.9 Å². The molecular weight excluding hydrogens is 290 g/mol. The summed E-state index contributed by atoms with van der Waals surface area (Å²) in [5, 5.41) is 9.29. The number of carboxylic acids is 1. The van der Waals surface area contributed by atoms with Crippen LogP contribution in [0.5, 0.6) is 0 Å². The molecule has 0 bridgehead atoms. The molecule has 5 heteroatoms. The summed E-state index contributed by atoms with van der Waals surface area (Å²) in [6, 6.07) is 7.90. The Balaban J connectivity index is 1.85. The predicted molar refractivity (Wildman–Crippen MR) is 81.1 cm³/mol. The van der Waals surface area contributed by atoms with Gasteiger partial charge in [-0.25, -0.2) is 0 Å². The van der Waals surface area contributed by atoms with Gasteiger partial charge in [0.1, 0.15) is 0 Å². The number of unbranched alkanes of at least 4 members (excludes halogenated alkanes) is 1. The van der Waals surface area contributed by atoms with Crippen LogP contribution in [0.15, 0.2) is 24.3 Å². The normalized spacial score (nSPS) is 14.0. The lowest BCUT2D eigenvalue weighted by Crippen LogP contribution is -2.32. The highest BCUT2D eigenvalue weighted by Gasteiger charge is 2.32. The zero-order valence-electron chi connectivity index (χ0n) is 11.9. The van der Waals surface area contributed by atoms with E-state index < -0.39 is 5.97 Å². The Kier molecular flexibility index (Phi) is 5.62. The Hall–Kier alpha value is -1.55. The van der Waals surface area contributed by atoms with Crippen LogP contribution in [0.1, 0.15) is 44.1 Å². The SMILES string of the molecule is O=C(O)CCCCC(=O)N(Cc1ccc(Cl)cc1)C1CC1. The number of carbonyl (C=O) groups is 2. The first-order chi connectivity index (χ1) is 10.1. The van der Waals surface area contributed by atoms with Crippen LogP contribution in [0.25, 0.3) is 0 Å². The summed E-state index contributed by atoms with van der Waals surface area (Å²) in [5.41, 5.74) is 1.07. The second-order valence-corrected chi connectivity index (χ2v) is 5.92. The van der Waals surface area contributed by atoms with E-state index in [9.17, 15) is 9.59 Å². The van der Waals surface area contributed by atoms with E-state index in [-0.39, 0.29) is 12.3 Å². The van der Waals surface area contributed by atoms with E-state index in [1.807, 2.05) is 29.2 Å². The summed E-state index contributed by atoms with van der Waals surface area (Å²) in [7, 11) is 0. The zero-order valence-corrected chi connectivity index (χ0v) is 12.7. The number of hydrogen-bond donors (Lipinski definition) is 1. The molecule has 0 heterocycles. The van der Waals surface area contributed by atoms with Crippen LogP contribution in [-0.2, 0) is 16.1 Å². The van der Waals surface area contributed by atoms with Gasteiger partial charge >= 0.3 is 5.97 Å². The first-order valence-electron chi connectivity index (χ1n) is 7.32. The van der Waals surface area contributed by atoms with Crippen molar-refractivity contribution in [2.75, 3.05) is 0 Å². The monoisotopic (exact) mass is 309 g/mol. The molecule has 2 rings (SSSR count). The third-order valence-electron chi connectivity index (χ3n) is 3.61. The van der Waals surface area contributed by atoms with E-state index in [0.29, 0.717) is 36.9 Å². The van der Waals surface area contributed by atoms with Crippen LogP contribution < -0.4 is 0 Å². The number of nitrogens with zero attached hydrogens (tertiary/aromatic N) is 1. The third-order valence-corrected chi connectivity index (χ3v) is 3.86. The second-order valence-electron chi connectivity index (χ2n) is 5.48. The van der Waals surface area contributed by atoms with Crippen molar-refractivity contribution in [1.29, 1.82) is 0 Å². The van der Waals surface area contributed by atoms with Crippen LogP contribution in [0.2, 0.25) is 5.02 Å². The standard InChI is InChI=1S/C16H20ClNO3/c17-13-7-5-12(6-8-13)11-18(14-9-10-14)15(19)3-1-2-4-16(20)21/h5-8,14H,1-4,9-11H2,(H,20,21). The molecule has 1 amide bonds. The molecule has 1 N–H and O–H groups in total. The van der Waals surface area contributed by atoms with Gasteiger partial charge in [0, 0.05) is 30.5 Å². The molecule has 0 radical (unpaired) electrons. The molecule has 1 fully saturated rings. The zero-order chi connectivity index (χ0) is 15.2. The summed E-state index contributed by atoms with van der Waals surface area (Å²) in [5.74, 6) is -0.680. The molecule has 1 aliphatic carbocycles. The van der Waals surface area contributed by atoms with Crippen molar-refractivity contribution in [2.45, 2.75) is 51.1 Å². The predicted octanol–water partition coefficient (Wildman–Crippen LogP) is 3.48. The van der Waals surface area contributed by atoms with Crippen molar-refractivity contribution in [3.8, 4) is 0 Å². The van der Waals surface area contributed by atoms with Crippen molar-refractivity contribution in [3.63, 3.8) is 0 Å². The van der Waals surface area contributed by atoms with Gasteiger partial charge in [-0.1, -0.05) is 23.7 Å². The summed E-state index contributed by atoms with van der Waals surface area (Å²) in [4.78, 5) is 24.7. The Bertz CT molecular complexity index is 497.